The second-order valence-corrected chi connectivity index (χ2v) is 9.17. The average Bonchev–Trinajstić information content (AvgIpc) is 2.96. The minimum atomic E-state index is -1.56. The van der Waals surface area contributed by atoms with Crippen LogP contribution in [0.15, 0.2) is 84.9 Å². The maximum atomic E-state index is 13.4. The number of ketones is 3. The highest BCUT2D eigenvalue weighted by molar-refractivity contribution is 9.11. The van der Waals surface area contributed by atoms with Gasteiger partial charge in [-0.15, -0.1) is 0 Å². The van der Waals surface area contributed by atoms with E-state index in [-0.39, 0.29) is 17.3 Å². The number of hydrogen-bond acceptors (Lipinski definition) is 3. The van der Waals surface area contributed by atoms with Gasteiger partial charge in [0, 0.05) is 22.6 Å². The molecule has 0 aliphatic heterocycles. The van der Waals surface area contributed by atoms with Crippen LogP contribution in [0.3, 0.4) is 0 Å². The van der Waals surface area contributed by atoms with Crippen molar-refractivity contribution in [3.05, 3.63) is 107 Å². The molecule has 0 heterocycles. The number of carbonyl (C=O) groups excluding carboxylic acids is 3. The lowest BCUT2D eigenvalue weighted by Gasteiger charge is -2.33. The highest BCUT2D eigenvalue weighted by atomic mass is 79.9. The Balaban J connectivity index is 1.86. The van der Waals surface area contributed by atoms with E-state index in [1.807, 2.05) is 36.4 Å². The summed E-state index contributed by atoms with van der Waals surface area (Å²) in [5.74, 6) is -1.56. The zero-order valence-electron chi connectivity index (χ0n) is 15.2. The van der Waals surface area contributed by atoms with Crippen LogP contribution in [0.1, 0.15) is 42.6 Å². The van der Waals surface area contributed by atoms with Gasteiger partial charge in [-0.1, -0.05) is 117 Å². The molecule has 1 aliphatic carbocycles. The lowest BCUT2D eigenvalue weighted by molar-refractivity contribution is 0.0844. The largest absolute Gasteiger partial charge is 0.293 e. The molecule has 0 amide bonds. The molecule has 4 rings (SSSR count). The molecule has 5 heteroatoms. The molecule has 29 heavy (non-hydrogen) atoms. The molecule has 144 valence electrons. The Labute approximate surface area is 185 Å². The third kappa shape index (κ3) is 3.22. The van der Waals surface area contributed by atoms with E-state index >= 15 is 0 Å². The average molecular weight is 512 g/mol. The molecule has 0 fully saturated rings. The third-order valence-corrected chi connectivity index (χ3v) is 7.42. The fourth-order valence-corrected chi connectivity index (χ4v) is 6.11. The fraction of sp³-hybridized carbons (Fsp3) is 0.125. The summed E-state index contributed by atoms with van der Waals surface area (Å²) >= 11 is 7.07. The predicted molar refractivity (Wildman–Crippen MR) is 119 cm³/mol. The van der Waals surface area contributed by atoms with Gasteiger partial charge in [-0.2, -0.15) is 0 Å². The van der Waals surface area contributed by atoms with E-state index < -0.39 is 15.1 Å². The number of hydrogen-bond donors (Lipinski definition) is 0. The van der Waals surface area contributed by atoms with Crippen molar-refractivity contribution in [3.8, 4) is 0 Å². The molecule has 3 aromatic carbocycles. The highest BCUT2D eigenvalue weighted by Crippen LogP contribution is 2.49. The van der Waals surface area contributed by atoms with Crippen molar-refractivity contribution in [2.45, 2.75) is 15.1 Å². The summed E-state index contributed by atoms with van der Waals surface area (Å²) in [4.78, 5) is 39.3. The zero-order valence-corrected chi connectivity index (χ0v) is 18.4. The van der Waals surface area contributed by atoms with E-state index in [1.165, 1.54) is 0 Å². The molecular weight excluding hydrogens is 496 g/mol. The smallest absolute Gasteiger partial charge is 0.188 e. The molecule has 1 aliphatic rings. The van der Waals surface area contributed by atoms with Gasteiger partial charge in [-0.05, 0) is 5.56 Å². The van der Waals surface area contributed by atoms with Gasteiger partial charge in [-0.25, -0.2) is 0 Å². The van der Waals surface area contributed by atoms with E-state index in [1.54, 1.807) is 48.5 Å². The summed E-state index contributed by atoms with van der Waals surface area (Å²) in [7, 11) is 0. The molecular formula is C24H16Br2O3. The van der Waals surface area contributed by atoms with Gasteiger partial charge in [0.1, 0.15) is 0 Å². The molecule has 0 N–H and O–H groups in total. The van der Waals surface area contributed by atoms with Gasteiger partial charge in [-0.3, -0.25) is 14.4 Å². The van der Waals surface area contributed by atoms with Crippen LogP contribution in [0.5, 0.6) is 0 Å². The van der Waals surface area contributed by atoms with Crippen LogP contribution in [0.2, 0.25) is 0 Å². The summed E-state index contributed by atoms with van der Waals surface area (Å²) in [6.07, 6.45) is 0. The van der Waals surface area contributed by atoms with Crippen molar-refractivity contribution >= 4 is 49.2 Å². The van der Waals surface area contributed by atoms with Crippen LogP contribution in [-0.4, -0.2) is 26.5 Å². The van der Waals surface area contributed by atoms with Crippen molar-refractivity contribution in [1.29, 1.82) is 0 Å². The van der Waals surface area contributed by atoms with Gasteiger partial charge in [0.2, 0.25) is 0 Å². The Morgan fingerprint density at radius 3 is 1.69 bits per heavy atom. The van der Waals surface area contributed by atoms with Crippen LogP contribution in [0.25, 0.3) is 0 Å². The number of alkyl halides is 2. The standard InChI is InChI=1S/C24H16Br2O3/c25-20(21(27)16-11-5-2-6-12-16)19(15-9-3-1-4-10-15)24(26)22(28)17-13-7-8-14-18(17)23(24)29/h1-14,19-20H/t19-,20+/m1/s1. The van der Waals surface area contributed by atoms with Crippen molar-refractivity contribution in [2.75, 3.05) is 0 Å². The molecule has 0 bridgehead atoms. The number of Topliss-reactive ketones (excluding diaryl/α,β-unsaturated/α-hetero) is 3. The molecule has 3 nitrogen and oxygen atoms in total. The number of halogens is 2. The summed E-state index contributed by atoms with van der Waals surface area (Å²) in [6, 6.07) is 24.9. The second kappa shape index (κ2) is 7.81. The zero-order chi connectivity index (χ0) is 20.6. The maximum absolute atomic E-state index is 13.4. The first-order chi connectivity index (χ1) is 14.0. The molecule has 0 spiro atoms. The number of rotatable bonds is 5. The Kier molecular flexibility index (Phi) is 5.36. The molecule has 3 aromatic rings. The summed E-state index contributed by atoms with van der Waals surface area (Å²) in [5, 5.41) is 0. The van der Waals surface area contributed by atoms with Gasteiger partial charge >= 0.3 is 0 Å². The van der Waals surface area contributed by atoms with Crippen molar-refractivity contribution in [3.63, 3.8) is 0 Å². The van der Waals surface area contributed by atoms with E-state index in [2.05, 4.69) is 31.9 Å². The lowest BCUT2D eigenvalue weighted by Crippen LogP contribution is -2.46. The SMILES string of the molecule is O=C(c1ccccc1)[C@@H](Br)[C@@H](c1ccccc1)C1(Br)C(=O)c2ccccc2C1=O. The normalized spacial score (nSPS) is 16.9. The molecule has 0 saturated carbocycles. The van der Waals surface area contributed by atoms with E-state index in [0.717, 1.165) is 5.56 Å². The molecule has 0 unspecified atom stereocenters. The first-order valence-electron chi connectivity index (χ1n) is 9.12. The van der Waals surface area contributed by atoms with Gasteiger partial charge in [0.15, 0.2) is 21.7 Å². The van der Waals surface area contributed by atoms with Gasteiger partial charge in [0.05, 0.1) is 4.83 Å². The molecule has 0 aromatic heterocycles. The van der Waals surface area contributed by atoms with Crippen LogP contribution in [0.4, 0.5) is 0 Å². The minimum Gasteiger partial charge on any atom is -0.293 e. The van der Waals surface area contributed by atoms with Crippen molar-refractivity contribution in [2.24, 2.45) is 0 Å². The first-order valence-corrected chi connectivity index (χ1v) is 10.8. The summed E-state index contributed by atoms with van der Waals surface area (Å²) in [5.41, 5.74) is 2.00. The topological polar surface area (TPSA) is 51.2 Å². The lowest BCUT2D eigenvalue weighted by atomic mass is 9.78. The Morgan fingerprint density at radius 2 is 1.17 bits per heavy atom. The molecule has 0 saturated heterocycles. The predicted octanol–water partition coefficient (Wildman–Crippen LogP) is 5.63. The van der Waals surface area contributed by atoms with Crippen LogP contribution >= 0.6 is 31.9 Å². The number of fused-ring (bicyclic) bond motifs is 1. The highest BCUT2D eigenvalue weighted by Gasteiger charge is 2.59. The van der Waals surface area contributed by atoms with E-state index in [4.69, 9.17) is 0 Å². The van der Waals surface area contributed by atoms with E-state index in [0.29, 0.717) is 16.7 Å². The molecule has 0 radical (unpaired) electrons. The van der Waals surface area contributed by atoms with Gasteiger partial charge in [0.25, 0.3) is 0 Å². The second-order valence-electron chi connectivity index (χ2n) is 6.94. The van der Waals surface area contributed by atoms with Crippen molar-refractivity contribution < 1.29 is 14.4 Å². The number of benzene rings is 3. The Hall–Kier alpha value is -2.37. The fourth-order valence-electron chi connectivity index (χ4n) is 3.83. The Morgan fingerprint density at radius 1 is 0.724 bits per heavy atom. The van der Waals surface area contributed by atoms with Crippen molar-refractivity contribution in [1.82, 2.24) is 0 Å². The summed E-state index contributed by atoms with van der Waals surface area (Å²) < 4.78 is -1.56. The van der Waals surface area contributed by atoms with Gasteiger partial charge < -0.3 is 0 Å². The minimum absolute atomic E-state index is 0.185. The number of carbonyl (C=O) groups is 3. The van der Waals surface area contributed by atoms with Crippen LogP contribution in [-0.2, 0) is 0 Å². The maximum Gasteiger partial charge on any atom is 0.188 e. The first kappa shape index (κ1) is 19.9. The molecule has 2 atom stereocenters. The quantitative estimate of drug-likeness (QED) is 0.253. The monoisotopic (exact) mass is 510 g/mol. The van der Waals surface area contributed by atoms with E-state index in [9.17, 15) is 14.4 Å². The third-order valence-electron chi connectivity index (χ3n) is 5.27. The Bertz CT molecular complexity index is 1060. The van der Waals surface area contributed by atoms with Crippen LogP contribution in [0, 0.1) is 0 Å². The van der Waals surface area contributed by atoms with Crippen LogP contribution < -0.4 is 0 Å². The summed E-state index contributed by atoms with van der Waals surface area (Å²) in [6.45, 7) is 0.